The van der Waals surface area contributed by atoms with E-state index in [2.05, 4.69) is 32.9 Å². The van der Waals surface area contributed by atoms with E-state index in [1.54, 1.807) is 40.9 Å². The van der Waals surface area contributed by atoms with Crippen molar-refractivity contribution in [3.05, 3.63) is 59.8 Å². The number of allylic oxidation sites excluding steroid dienone is 7. The Kier molecular flexibility index (Phi) is 35.7. The van der Waals surface area contributed by atoms with Gasteiger partial charge in [-0.25, -0.2) is 4.79 Å². The molecule has 3 fully saturated rings. The Labute approximate surface area is 542 Å². The van der Waals surface area contributed by atoms with Crippen molar-refractivity contribution in [2.75, 3.05) is 13.7 Å². The topological polar surface area (TPSA) is 209 Å². The van der Waals surface area contributed by atoms with E-state index in [4.69, 9.17) is 23.7 Å². The van der Waals surface area contributed by atoms with Crippen LogP contribution in [0.2, 0.25) is 0 Å². The van der Waals surface area contributed by atoms with Gasteiger partial charge in [-0.2, -0.15) is 0 Å². The fourth-order valence-electron chi connectivity index (χ4n) is 13.8. The average molecular weight is 1260 g/mol. The third-order valence-electron chi connectivity index (χ3n) is 19.9. The Morgan fingerprint density at radius 1 is 0.778 bits per heavy atom. The van der Waals surface area contributed by atoms with E-state index >= 15 is 0 Å². The molecule has 3 aliphatic heterocycles. The molecule has 2 bridgehead atoms. The van der Waals surface area contributed by atoms with Gasteiger partial charge in [0.25, 0.3) is 11.7 Å². The summed E-state index contributed by atoms with van der Waals surface area (Å²) in [6.07, 6.45) is 34.4. The number of methoxy groups -OCH3 is 1. The predicted octanol–water partition coefficient (Wildman–Crippen LogP) is 15.1. The minimum absolute atomic E-state index is 0.0499. The lowest BCUT2D eigenvalue weighted by Crippen LogP contribution is -2.61. The number of fused-ring (bicyclic) bond motifs is 3. The quantitative estimate of drug-likeness (QED) is 0.0287. The van der Waals surface area contributed by atoms with E-state index in [1.807, 2.05) is 58.1 Å². The second kappa shape index (κ2) is 41.2. The number of rotatable bonds is 25. The molecular formula is C75H121NO14. The second-order valence-electron chi connectivity index (χ2n) is 27.8. The van der Waals surface area contributed by atoms with Crippen LogP contribution < -0.4 is 0 Å². The van der Waals surface area contributed by atoms with E-state index in [-0.39, 0.29) is 84.7 Å². The molecule has 16 atom stereocenters. The van der Waals surface area contributed by atoms with Gasteiger partial charge in [0.15, 0.2) is 0 Å². The van der Waals surface area contributed by atoms with E-state index in [1.165, 1.54) is 24.2 Å². The molecule has 0 aromatic heterocycles. The van der Waals surface area contributed by atoms with Crippen LogP contribution in [-0.2, 0) is 57.2 Å². The molecule has 0 aromatic carbocycles. The zero-order chi connectivity index (χ0) is 66.3. The summed E-state index contributed by atoms with van der Waals surface area (Å²) < 4.78 is 30.5. The van der Waals surface area contributed by atoms with Crippen molar-refractivity contribution in [3.8, 4) is 0 Å². The lowest BCUT2D eigenvalue weighted by atomic mass is 9.75. The van der Waals surface area contributed by atoms with Crippen LogP contribution in [0.15, 0.2) is 59.8 Å². The Morgan fingerprint density at radius 2 is 1.47 bits per heavy atom. The molecule has 1 amide bonds. The van der Waals surface area contributed by atoms with Crippen molar-refractivity contribution >= 4 is 41.2 Å². The van der Waals surface area contributed by atoms with Gasteiger partial charge in [0.1, 0.15) is 35.9 Å². The number of hydrogen-bond donors (Lipinski definition) is 2. The minimum Gasteiger partial charge on any atom is -0.462 e. The molecule has 1 unspecified atom stereocenters. The summed E-state index contributed by atoms with van der Waals surface area (Å²) in [7, 11) is 1.59. The number of Topliss-reactive ketones (excluding diaryl/α,β-unsaturated/α-hetero) is 3. The maximum Gasteiger partial charge on any atom is 0.329 e. The smallest absolute Gasteiger partial charge is 0.329 e. The summed E-state index contributed by atoms with van der Waals surface area (Å²) in [5.74, 6) is -8.36. The number of unbranched alkanes of at least 4 members (excludes halogenated alkanes) is 10. The summed E-state index contributed by atoms with van der Waals surface area (Å²) in [6, 6.07) is -1.14. The van der Waals surface area contributed by atoms with Gasteiger partial charge in [-0.1, -0.05) is 162 Å². The first-order valence-electron chi connectivity index (χ1n) is 35.4. The third-order valence-corrected chi connectivity index (χ3v) is 19.9. The zero-order valence-corrected chi connectivity index (χ0v) is 57.7. The van der Waals surface area contributed by atoms with Gasteiger partial charge in [0.2, 0.25) is 5.79 Å². The Morgan fingerprint density at radius 3 is 2.19 bits per heavy atom. The SMILES string of the molecule is CCCCCC[C@@H](C/C=C\CCCCCCCC(=O)O[C@@H]1CC[C@@H](C[C@@H](C)[C@@H]2CC(=O)[C@H](C)/C=C(\C)[C@@H](O)[C@@H](C)C(=O)[C@H](C)C[C@H](C)/C=C/C=C/C=C(\C)[C@@H](OC)C[C@@H]3CC[C@@H](C)[C@@](O)(O3)C(=O)C(=O)N3CCCCC3C(=O)O2)C[C@H]1C)OC(=O)CCCCC. The maximum atomic E-state index is 14.7. The molecule has 2 saturated heterocycles. The normalized spacial score (nSPS) is 32.8. The van der Waals surface area contributed by atoms with Crippen LogP contribution in [-0.4, -0.2) is 118 Å². The molecule has 4 aliphatic rings. The number of amides is 1. The number of carbonyl (C=O) groups excluding carboxylic acids is 7. The number of carbonyl (C=O) groups is 7. The first-order chi connectivity index (χ1) is 42.9. The van der Waals surface area contributed by atoms with Crippen molar-refractivity contribution in [2.45, 2.75) is 311 Å². The minimum atomic E-state index is -2.44. The highest BCUT2D eigenvalue weighted by atomic mass is 16.6. The van der Waals surface area contributed by atoms with Gasteiger partial charge in [0.05, 0.1) is 18.3 Å². The van der Waals surface area contributed by atoms with Crippen molar-refractivity contribution < 1.29 is 67.5 Å². The van der Waals surface area contributed by atoms with E-state index in [0.717, 1.165) is 95.5 Å². The first-order valence-corrected chi connectivity index (χ1v) is 35.4. The number of ketones is 3. The Bertz CT molecular complexity index is 2390. The predicted molar refractivity (Wildman–Crippen MR) is 355 cm³/mol. The zero-order valence-electron chi connectivity index (χ0n) is 57.7. The highest BCUT2D eigenvalue weighted by Crippen LogP contribution is 2.39. The molecular weight excluding hydrogens is 1140 g/mol. The van der Waals surface area contributed by atoms with Crippen LogP contribution in [0.5, 0.6) is 0 Å². The summed E-state index contributed by atoms with van der Waals surface area (Å²) >= 11 is 0. The summed E-state index contributed by atoms with van der Waals surface area (Å²) in [5, 5.41) is 23.6. The van der Waals surface area contributed by atoms with Crippen LogP contribution in [0.4, 0.5) is 0 Å². The van der Waals surface area contributed by atoms with Crippen LogP contribution in [0, 0.1) is 47.3 Å². The van der Waals surface area contributed by atoms with Gasteiger partial charge >= 0.3 is 17.9 Å². The van der Waals surface area contributed by atoms with Crippen molar-refractivity contribution in [1.29, 1.82) is 0 Å². The Balaban J connectivity index is 1.42. The molecule has 15 nitrogen and oxygen atoms in total. The van der Waals surface area contributed by atoms with Gasteiger partial charge < -0.3 is 38.8 Å². The lowest BCUT2D eigenvalue weighted by Gasteiger charge is -2.42. The highest BCUT2D eigenvalue weighted by molar-refractivity contribution is 6.39. The number of esters is 3. The largest absolute Gasteiger partial charge is 0.462 e. The molecule has 2 N–H and O–H groups in total. The molecule has 3 heterocycles. The molecule has 0 aromatic rings. The fraction of sp³-hybridized carbons (Fsp3) is 0.773. The van der Waals surface area contributed by atoms with Crippen LogP contribution in [0.3, 0.4) is 0 Å². The summed E-state index contributed by atoms with van der Waals surface area (Å²) in [5.41, 5.74) is 1.38. The van der Waals surface area contributed by atoms with Crippen molar-refractivity contribution in [1.82, 2.24) is 4.90 Å². The standard InChI is InChI=1S/C75H121NO14/c1-13-15-17-28-35-61(87-68(78)38-25-16-14-2)36-29-22-20-18-19-21-23-30-39-69(79)88-65-43-41-60(47-54(65)6)48-55(7)67-50-64(77)53(5)46-57(9)71(81)59(11)70(80)56(8)45-51(3)33-26-24-27-34-52(4)66(86-12)49-62-42-40-58(10)75(85,90-62)72(82)73(83)76-44-32-31-37-63(76)74(84)89-67/h22,24,26-27,29,33-34,46,51,53-56,58-63,65-67,71,81,85H,13-21,23,25,28,30-32,35-45,47-50H2,1-12H3/b27-24+,29-22-,33-26+,52-34+,57-46+/t51-,53-,54-,55-,56-,58-,59+,60-,61+,62+,63?,65-,66+,67+,71-,75-/m1/s1. The molecule has 4 rings (SSSR count). The maximum absolute atomic E-state index is 14.7. The highest BCUT2D eigenvalue weighted by Gasteiger charge is 2.53. The van der Waals surface area contributed by atoms with Crippen LogP contribution in [0.1, 0.15) is 262 Å². The number of hydrogen-bond acceptors (Lipinski definition) is 14. The van der Waals surface area contributed by atoms with Gasteiger partial charge in [-0.05, 0) is 151 Å². The Hall–Kier alpha value is -4.57. The average Bonchev–Trinajstić information content (AvgIpc) is 0.793. The van der Waals surface area contributed by atoms with Crippen molar-refractivity contribution in [2.24, 2.45) is 47.3 Å². The van der Waals surface area contributed by atoms with E-state index in [0.29, 0.717) is 69.8 Å². The molecule has 1 aliphatic carbocycles. The van der Waals surface area contributed by atoms with Crippen LogP contribution in [0.25, 0.3) is 0 Å². The number of aliphatic hydroxyl groups excluding tert-OH is 1. The molecule has 0 radical (unpaired) electrons. The number of nitrogens with zero attached hydrogens (tertiary/aromatic N) is 1. The second-order valence-corrected chi connectivity index (χ2v) is 27.8. The molecule has 0 spiro atoms. The molecule has 90 heavy (non-hydrogen) atoms. The first kappa shape index (κ1) is 77.9. The van der Waals surface area contributed by atoms with E-state index < -0.39 is 71.7 Å². The third kappa shape index (κ3) is 26.1. The van der Waals surface area contributed by atoms with Crippen LogP contribution >= 0.6 is 0 Å². The number of piperidine rings is 1. The monoisotopic (exact) mass is 1260 g/mol. The summed E-state index contributed by atoms with van der Waals surface area (Å²) in [4.78, 5) is 98.6. The van der Waals surface area contributed by atoms with E-state index in [9.17, 15) is 43.8 Å². The molecule has 15 heteroatoms. The molecule has 1 saturated carbocycles. The number of cyclic esters (lactones) is 1. The fourth-order valence-corrected chi connectivity index (χ4v) is 13.8. The lowest BCUT2D eigenvalue weighted by molar-refractivity contribution is -0.265. The number of aliphatic hydroxyl groups is 2. The number of ether oxygens (including phenoxy) is 5. The summed E-state index contributed by atoms with van der Waals surface area (Å²) in [6.45, 7) is 21.2. The van der Waals surface area contributed by atoms with Crippen molar-refractivity contribution in [3.63, 3.8) is 0 Å². The molecule has 510 valence electrons. The van der Waals surface area contributed by atoms with Gasteiger partial charge in [0, 0.05) is 69.4 Å². The van der Waals surface area contributed by atoms with Gasteiger partial charge in [-0.3, -0.25) is 28.8 Å². The van der Waals surface area contributed by atoms with Gasteiger partial charge in [-0.15, -0.1) is 0 Å².